The number of carbonyl (C=O) groups excluding carboxylic acids is 1. The molecule has 0 heterocycles. The van der Waals surface area contributed by atoms with Gasteiger partial charge in [0.05, 0.1) is 12.2 Å². The lowest BCUT2D eigenvalue weighted by Gasteiger charge is -2.42. The molecular weight excluding hydrogens is 384 g/mol. The highest BCUT2D eigenvalue weighted by Gasteiger charge is 2.40. The summed E-state index contributed by atoms with van der Waals surface area (Å²) in [6, 6.07) is 0.416. The van der Waals surface area contributed by atoms with Crippen molar-refractivity contribution >= 4 is 5.91 Å². The minimum atomic E-state index is -0.413. The van der Waals surface area contributed by atoms with Gasteiger partial charge < -0.3 is 15.4 Å². The number of amides is 1. The van der Waals surface area contributed by atoms with Crippen LogP contribution in [0.2, 0.25) is 0 Å². The molecule has 1 unspecified atom stereocenters. The minimum absolute atomic E-state index is 0.0777. The lowest BCUT2D eigenvalue weighted by molar-refractivity contribution is -0.134. The van der Waals surface area contributed by atoms with Gasteiger partial charge in [-0.05, 0) is 71.6 Å². The van der Waals surface area contributed by atoms with Crippen LogP contribution in [0.1, 0.15) is 117 Å². The molecular formula is C27H56N2O2. The maximum Gasteiger partial charge on any atom is 0.226 e. The van der Waals surface area contributed by atoms with Crippen LogP contribution in [-0.2, 0) is 9.53 Å². The Bertz CT molecular complexity index is 572. The molecule has 0 aliphatic heterocycles. The summed E-state index contributed by atoms with van der Waals surface area (Å²) in [6.45, 7) is 33.3. The first-order valence-electron chi connectivity index (χ1n) is 12.3. The molecule has 31 heavy (non-hydrogen) atoms. The molecule has 0 fully saturated rings. The van der Waals surface area contributed by atoms with E-state index in [1.54, 1.807) is 0 Å². The molecule has 0 bridgehead atoms. The zero-order valence-corrected chi connectivity index (χ0v) is 23.7. The maximum absolute atomic E-state index is 13.3. The van der Waals surface area contributed by atoms with E-state index in [1.807, 2.05) is 0 Å². The number of nitrogens with one attached hydrogen (secondary N) is 2. The Morgan fingerprint density at radius 1 is 0.839 bits per heavy atom. The number of ether oxygens (including phenoxy) is 1. The molecule has 186 valence electrons. The van der Waals surface area contributed by atoms with E-state index in [9.17, 15) is 4.79 Å². The fourth-order valence-corrected chi connectivity index (χ4v) is 4.26. The van der Waals surface area contributed by atoms with Crippen molar-refractivity contribution in [1.29, 1.82) is 0 Å². The van der Waals surface area contributed by atoms with Crippen molar-refractivity contribution in [3.05, 3.63) is 0 Å². The van der Waals surface area contributed by atoms with Gasteiger partial charge in [0, 0.05) is 22.5 Å². The van der Waals surface area contributed by atoms with Crippen molar-refractivity contribution < 1.29 is 9.53 Å². The first kappa shape index (κ1) is 30.4. The summed E-state index contributed by atoms with van der Waals surface area (Å²) in [4.78, 5) is 13.3. The molecule has 4 heteroatoms. The van der Waals surface area contributed by atoms with E-state index >= 15 is 0 Å². The third-order valence-corrected chi connectivity index (χ3v) is 7.04. The highest BCUT2D eigenvalue weighted by Crippen LogP contribution is 2.40. The molecule has 0 rings (SSSR count). The van der Waals surface area contributed by atoms with E-state index in [2.05, 4.69) is 114 Å². The van der Waals surface area contributed by atoms with Gasteiger partial charge in [-0.15, -0.1) is 0 Å². The van der Waals surface area contributed by atoms with E-state index in [1.165, 1.54) is 0 Å². The number of hydrogen-bond donors (Lipinski definition) is 2. The Kier molecular flexibility index (Phi) is 10.3. The molecule has 2 N–H and O–H groups in total. The zero-order valence-electron chi connectivity index (χ0n) is 23.7. The van der Waals surface area contributed by atoms with Crippen LogP contribution < -0.4 is 10.6 Å². The van der Waals surface area contributed by atoms with Gasteiger partial charge in [-0.2, -0.15) is 0 Å². The number of carbonyl (C=O) groups is 1. The average molecular weight is 441 g/mol. The largest absolute Gasteiger partial charge is 0.374 e. The molecule has 0 aromatic carbocycles. The standard InChI is InChI=1S/C27H56N2O2/c1-19(2)23(6,7)17-24(8,9)22(30)29-27(14,15)21(5)16-26(12,13)31-18-25(10,11)28-20(3)4/h19-21,28H,16-18H2,1-15H3,(H,29,30). The van der Waals surface area contributed by atoms with Crippen LogP contribution in [-0.4, -0.2) is 35.2 Å². The van der Waals surface area contributed by atoms with Crippen LogP contribution in [0.4, 0.5) is 0 Å². The second-order valence-corrected chi connectivity index (χ2v) is 13.7. The SMILES string of the molecule is CC(C)NC(C)(C)COC(C)(C)CC(C)C(C)(C)NC(=O)C(C)(C)CC(C)(C)C(C)C. The van der Waals surface area contributed by atoms with E-state index < -0.39 is 5.41 Å². The Balaban J connectivity index is 5.09. The second-order valence-electron chi connectivity index (χ2n) is 13.7. The third-order valence-electron chi connectivity index (χ3n) is 7.04. The normalized spacial score (nSPS) is 15.5. The predicted octanol–water partition coefficient (Wildman–Crippen LogP) is 6.58. The smallest absolute Gasteiger partial charge is 0.226 e. The van der Waals surface area contributed by atoms with E-state index in [4.69, 9.17) is 4.74 Å². The maximum atomic E-state index is 13.3. The summed E-state index contributed by atoms with van der Waals surface area (Å²) >= 11 is 0. The average Bonchev–Trinajstić information content (AvgIpc) is 2.50. The number of hydrogen-bond acceptors (Lipinski definition) is 3. The Labute approximate surface area is 195 Å². The van der Waals surface area contributed by atoms with Crippen LogP contribution in [0, 0.1) is 22.7 Å². The quantitative estimate of drug-likeness (QED) is 0.340. The first-order chi connectivity index (χ1) is 13.5. The van der Waals surface area contributed by atoms with Gasteiger partial charge in [-0.25, -0.2) is 0 Å². The van der Waals surface area contributed by atoms with Crippen molar-refractivity contribution in [1.82, 2.24) is 10.6 Å². The summed E-state index contributed by atoms with van der Waals surface area (Å²) in [6.07, 6.45) is 1.73. The summed E-state index contributed by atoms with van der Waals surface area (Å²) in [5.41, 5.74) is -0.965. The Morgan fingerprint density at radius 2 is 1.32 bits per heavy atom. The van der Waals surface area contributed by atoms with Crippen molar-refractivity contribution in [3.63, 3.8) is 0 Å². The van der Waals surface area contributed by atoms with Gasteiger partial charge in [-0.1, -0.05) is 62.3 Å². The topological polar surface area (TPSA) is 50.4 Å². The summed E-state index contributed by atoms with van der Waals surface area (Å²) in [5.74, 6) is 0.930. The number of rotatable bonds is 13. The molecule has 4 nitrogen and oxygen atoms in total. The van der Waals surface area contributed by atoms with Crippen molar-refractivity contribution in [2.24, 2.45) is 22.7 Å². The molecule has 0 spiro atoms. The van der Waals surface area contributed by atoms with Gasteiger partial charge in [0.25, 0.3) is 0 Å². The molecule has 1 amide bonds. The summed E-state index contributed by atoms with van der Waals surface area (Å²) in [7, 11) is 0. The fourth-order valence-electron chi connectivity index (χ4n) is 4.26. The van der Waals surface area contributed by atoms with Crippen LogP contribution in [0.15, 0.2) is 0 Å². The van der Waals surface area contributed by atoms with Crippen molar-refractivity contribution in [2.45, 2.75) is 139 Å². The van der Waals surface area contributed by atoms with Gasteiger partial charge in [0.1, 0.15) is 0 Å². The minimum Gasteiger partial charge on any atom is -0.374 e. The van der Waals surface area contributed by atoms with E-state index in [0.717, 1.165) is 12.8 Å². The van der Waals surface area contributed by atoms with Gasteiger partial charge in [0.2, 0.25) is 5.91 Å². The first-order valence-corrected chi connectivity index (χ1v) is 12.3. The molecule has 0 saturated heterocycles. The monoisotopic (exact) mass is 440 g/mol. The van der Waals surface area contributed by atoms with Gasteiger partial charge in [-0.3, -0.25) is 4.79 Å². The van der Waals surface area contributed by atoms with Crippen molar-refractivity contribution in [3.8, 4) is 0 Å². The Morgan fingerprint density at radius 3 is 1.74 bits per heavy atom. The molecule has 1 atom stereocenters. The molecule has 0 aliphatic carbocycles. The summed E-state index contributed by atoms with van der Waals surface area (Å²) in [5, 5.41) is 6.93. The third kappa shape index (κ3) is 10.7. The Hall–Kier alpha value is -0.610. The zero-order chi connectivity index (χ0) is 25.1. The molecule has 0 aliphatic rings. The lowest BCUT2D eigenvalue weighted by Crippen LogP contribution is -2.54. The van der Waals surface area contributed by atoms with E-state index in [0.29, 0.717) is 18.6 Å². The molecule has 0 aromatic heterocycles. The summed E-state index contributed by atoms with van der Waals surface area (Å²) < 4.78 is 6.35. The highest BCUT2D eigenvalue weighted by molar-refractivity contribution is 5.82. The van der Waals surface area contributed by atoms with Crippen molar-refractivity contribution in [2.75, 3.05) is 6.61 Å². The van der Waals surface area contributed by atoms with Gasteiger partial charge >= 0.3 is 0 Å². The fraction of sp³-hybridized carbons (Fsp3) is 0.963. The van der Waals surface area contributed by atoms with Crippen LogP contribution in [0.25, 0.3) is 0 Å². The predicted molar refractivity (Wildman–Crippen MR) is 135 cm³/mol. The van der Waals surface area contributed by atoms with Gasteiger partial charge in [0.15, 0.2) is 0 Å². The highest BCUT2D eigenvalue weighted by atomic mass is 16.5. The van der Waals surface area contributed by atoms with Crippen LogP contribution >= 0.6 is 0 Å². The second kappa shape index (κ2) is 10.5. The van der Waals surface area contributed by atoms with Crippen LogP contribution in [0.3, 0.4) is 0 Å². The van der Waals surface area contributed by atoms with Crippen LogP contribution in [0.5, 0.6) is 0 Å². The molecule has 0 radical (unpaired) electrons. The van der Waals surface area contributed by atoms with E-state index in [-0.39, 0.29) is 33.9 Å². The lowest BCUT2D eigenvalue weighted by atomic mass is 9.68. The molecule has 0 aromatic rings. The molecule has 0 saturated carbocycles.